The van der Waals surface area contributed by atoms with Gasteiger partial charge in [0.25, 0.3) is 0 Å². The highest BCUT2D eigenvalue weighted by molar-refractivity contribution is 5.85. The van der Waals surface area contributed by atoms with Crippen LogP contribution in [-0.2, 0) is 26.2 Å². The second-order valence-electron chi connectivity index (χ2n) is 5.28. The van der Waals surface area contributed by atoms with E-state index in [0.29, 0.717) is 25.2 Å². The molecule has 0 amide bonds. The largest absolute Gasteiger partial charge is 0.308 e. The Morgan fingerprint density at radius 2 is 1.86 bits per heavy atom. The molecule has 5 nitrogen and oxygen atoms in total. The summed E-state index contributed by atoms with van der Waals surface area (Å²) in [5, 5.41) is 11.9. The summed E-state index contributed by atoms with van der Waals surface area (Å²) in [5.41, 5.74) is 3.58. The normalized spacial score (nSPS) is 10.8. The fourth-order valence-electron chi connectivity index (χ4n) is 2.40. The molecule has 0 aliphatic carbocycles. The quantitative estimate of drug-likeness (QED) is 0.849. The minimum absolute atomic E-state index is 0. The van der Waals surface area contributed by atoms with Crippen molar-refractivity contribution in [1.82, 2.24) is 24.9 Å². The molecule has 2 aromatic heterocycles. The van der Waals surface area contributed by atoms with Crippen LogP contribution in [-0.4, -0.2) is 19.6 Å². The number of nitrogens with one attached hydrogen (secondary N) is 1. The summed E-state index contributed by atoms with van der Waals surface area (Å²) in [4.78, 5) is 0. The number of aryl methyl sites for hydroxylation is 4. The second kappa shape index (κ2) is 8.29. The van der Waals surface area contributed by atoms with Gasteiger partial charge >= 0.3 is 0 Å². The molecule has 0 unspecified atom stereocenters. The minimum atomic E-state index is -0.235. The summed E-state index contributed by atoms with van der Waals surface area (Å²) < 4.78 is 17.4. The number of hydrogen-bond donors (Lipinski definition) is 1. The zero-order chi connectivity index (χ0) is 15.4. The van der Waals surface area contributed by atoms with Crippen molar-refractivity contribution in [2.24, 2.45) is 0 Å². The first-order valence-electron chi connectivity index (χ1n) is 7.52. The molecule has 2 rings (SSSR count). The molecule has 0 fully saturated rings. The predicted molar refractivity (Wildman–Crippen MR) is 87.6 cm³/mol. The number of aromatic nitrogens is 4. The first kappa shape index (κ1) is 18.6. The van der Waals surface area contributed by atoms with E-state index in [2.05, 4.69) is 28.6 Å². The van der Waals surface area contributed by atoms with E-state index in [1.807, 2.05) is 25.5 Å². The molecule has 2 heterocycles. The van der Waals surface area contributed by atoms with Gasteiger partial charge in [-0.2, -0.15) is 14.6 Å². The molecule has 0 atom stereocenters. The highest BCUT2D eigenvalue weighted by atomic mass is 35.5. The first-order valence-corrected chi connectivity index (χ1v) is 7.52. The highest BCUT2D eigenvalue weighted by Gasteiger charge is 2.13. The Kier molecular flexibility index (Phi) is 7.03. The molecular formula is C15H25ClFN5. The molecule has 0 saturated heterocycles. The van der Waals surface area contributed by atoms with E-state index in [-0.39, 0.29) is 18.4 Å². The lowest BCUT2D eigenvalue weighted by molar-refractivity contribution is 0.460. The van der Waals surface area contributed by atoms with E-state index in [1.54, 1.807) is 0 Å². The summed E-state index contributed by atoms with van der Waals surface area (Å²) in [5.74, 6) is -0.235. The van der Waals surface area contributed by atoms with Crippen LogP contribution < -0.4 is 5.32 Å². The van der Waals surface area contributed by atoms with E-state index >= 15 is 0 Å². The van der Waals surface area contributed by atoms with Crippen molar-refractivity contribution in [3.63, 3.8) is 0 Å². The lowest BCUT2D eigenvalue weighted by Gasteiger charge is -2.03. The highest BCUT2D eigenvalue weighted by Crippen LogP contribution is 2.13. The monoisotopic (exact) mass is 329 g/mol. The molecule has 124 valence electrons. The first-order chi connectivity index (χ1) is 10.1. The average molecular weight is 330 g/mol. The van der Waals surface area contributed by atoms with Gasteiger partial charge in [0.15, 0.2) is 0 Å². The molecule has 0 aliphatic rings. The van der Waals surface area contributed by atoms with Crippen LogP contribution in [0.2, 0.25) is 0 Å². The van der Waals surface area contributed by atoms with Gasteiger partial charge in [0.2, 0.25) is 5.95 Å². The molecule has 0 radical (unpaired) electrons. The SMILES string of the molecule is CCCn1cc(CNCc2c(C)nn(CC)c2F)c(C)n1.Cl. The molecule has 0 aromatic carbocycles. The standard InChI is InChI=1S/C15H24FN5.ClH/c1-5-7-20-10-13(11(3)18-20)8-17-9-14-12(4)19-21(6-2)15(14)16;/h10,17H,5-9H2,1-4H3;1H. The maximum Gasteiger partial charge on any atom is 0.216 e. The Bertz CT molecular complexity index is 605. The van der Waals surface area contributed by atoms with Crippen molar-refractivity contribution in [2.75, 3.05) is 0 Å². The van der Waals surface area contributed by atoms with E-state index in [1.165, 1.54) is 4.68 Å². The fourth-order valence-corrected chi connectivity index (χ4v) is 2.40. The van der Waals surface area contributed by atoms with E-state index in [4.69, 9.17) is 0 Å². The molecule has 0 bridgehead atoms. The summed E-state index contributed by atoms with van der Waals surface area (Å²) in [6, 6.07) is 0. The van der Waals surface area contributed by atoms with Crippen LogP contribution >= 0.6 is 12.4 Å². The summed E-state index contributed by atoms with van der Waals surface area (Å²) in [7, 11) is 0. The van der Waals surface area contributed by atoms with E-state index < -0.39 is 0 Å². The van der Waals surface area contributed by atoms with Crippen molar-refractivity contribution in [2.45, 2.75) is 60.3 Å². The Morgan fingerprint density at radius 1 is 1.14 bits per heavy atom. The van der Waals surface area contributed by atoms with Gasteiger partial charge in [0, 0.05) is 43.5 Å². The number of rotatable bonds is 7. The van der Waals surface area contributed by atoms with Crippen molar-refractivity contribution in [3.8, 4) is 0 Å². The number of hydrogen-bond acceptors (Lipinski definition) is 3. The molecule has 0 spiro atoms. The lowest BCUT2D eigenvalue weighted by atomic mass is 10.2. The van der Waals surface area contributed by atoms with Gasteiger partial charge in [-0.25, -0.2) is 4.68 Å². The van der Waals surface area contributed by atoms with Gasteiger partial charge in [0.1, 0.15) is 0 Å². The molecule has 1 N–H and O–H groups in total. The average Bonchev–Trinajstić information content (AvgIpc) is 2.93. The van der Waals surface area contributed by atoms with Crippen molar-refractivity contribution in [3.05, 3.63) is 34.7 Å². The van der Waals surface area contributed by atoms with Crippen LogP contribution in [0.5, 0.6) is 0 Å². The van der Waals surface area contributed by atoms with Crippen LogP contribution in [0.1, 0.15) is 42.8 Å². The smallest absolute Gasteiger partial charge is 0.216 e. The van der Waals surface area contributed by atoms with E-state index in [9.17, 15) is 4.39 Å². The molecule has 0 aliphatic heterocycles. The summed E-state index contributed by atoms with van der Waals surface area (Å²) >= 11 is 0. The Hall–Kier alpha value is -1.40. The third kappa shape index (κ3) is 4.08. The van der Waals surface area contributed by atoms with Gasteiger partial charge in [0.05, 0.1) is 11.4 Å². The third-order valence-electron chi connectivity index (χ3n) is 3.60. The zero-order valence-corrected chi connectivity index (χ0v) is 14.5. The van der Waals surface area contributed by atoms with Gasteiger partial charge in [-0.15, -0.1) is 12.4 Å². The zero-order valence-electron chi connectivity index (χ0n) is 13.7. The summed E-state index contributed by atoms with van der Waals surface area (Å²) in [6.45, 7) is 10.5. The molecule has 0 saturated carbocycles. The molecule has 22 heavy (non-hydrogen) atoms. The van der Waals surface area contributed by atoms with Crippen molar-refractivity contribution < 1.29 is 4.39 Å². The fraction of sp³-hybridized carbons (Fsp3) is 0.600. The maximum absolute atomic E-state index is 14.0. The number of halogens is 2. The maximum atomic E-state index is 14.0. The van der Waals surface area contributed by atoms with Crippen LogP contribution in [0.15, 0.2) is 6.20 Å². The lowest BCUT2D eigenvalue weighted by Crippen LogP contribution is -2.14. The second-order valence-corrected chi connectivity index (χ2v) is 5.28. The Balaban J connectivity index is 0.00000242. The van der Waals surface area contributed by atoms with Gasteiger partial charge in [-0.1, -0.05) is 6.92 Å². The van der Waals surface area contributed by atoms with Crippen LogP contribution in [0.25, 0.3) is 0 Å². The predicted octanol–water partition coefficient (Wildman–Crippen LogP) is 2.98. The third-order valence-corrected chi connectivity index (χ3v) is 3.60. The molecular weight excluding hydrogens is 305 g/mol. The Morgan fingerprint density at radius 3 is 2.45 bits per heavy atom. The van der Waals surface area contributed by atoms with Gasteiger partial charge < -0.3 is 5.32 Å². The summed E-state index contributed by atoms with van der Waals surface area (Å²) in [6.07, 6.45) is 3.12. The van der Waals surface area contributed by atoms with Crippen molar-refractivity contribution in [1.29, 1.82) is 0 Å². The topological polar surface area (TPSA) is 47.7 Å². The van der Waals surface area contributed by atoms with E-state index in [0.717, 1.165) is 29.9 Å². The van der Waals surface area contributed by atoms with Crippen molar-refractivity contribution >= 4 is 12.4 Å². The minimum Gasteiger partial charge on any atom is -0.308 e. The molecule has 2 aromatic rings. The van der Waals surface area contributed by atoms with Crippen LogP contribution in [0.4, 0.5) is 4.39 Å². The van der Waals surface area contributed by atoms with Gasteiger partial charge in [-0.05, 0) is 27.2 Å². The van der Waals surface area contributed by atoms with Crippen LogP contribution in [0, 0.1) is 19.8 Å². The Labute approximate surface area is 137 Å². The van der Waals surface area contributed by atoms with Crippen LogP contribution in [0.3, 0.4) is 0 Å². The molecule has 7 heteroatoms. The number of nitrogens with zero attached hydrogens (tertiary/aromatic N) is 4. The van der Waals surface area contributed by atoms with Gasteiger partial charge in [-0.3, -0.25) is 4.68 Å².